The summed E-state index contributed by atoms with van der Waals surface area (Å²) in [6.07, 6.45) is -1.19. The van der Waals surface area contributed by atoms with E-state index >= 15 is 0 Å². The smallest absolute Gasteiger partial charge is 0.328 e. The zero-order chi connectivity index (χ0) is 14.6. The number of carbonyl (C=O) groups is 2. The van der Waals surface area contributed by atoms with Crippen LogP contribution in [-0.4, -0.2) is 34.4 Å². The Morgan fingerprint density at radius 1 is 1.42 bits per heavy atom. The van der Waals surface area contributed by atoms with E-state index in [1.54, 1.807) is 18.2 Å². The first-order valence-electron chi connectivity index (χ1n) is 5.24. The average Bonchev–Trinajstić information content (AvgIpc) is 2.30. The Balaban J connectivity index is 2.69. The molecular formula is C11H12BrIN2O4. The van der Waals surface area contributed by atoms with Crippen molar-refractivity contribution in [3.63, 3.8) is 0 Å². The molecule has 1 aromatic carbocycles. The third-order valence-electron chi connectivity index (χ3n) is 2.21. The number of carboxylic acids is 1. The van der Waals surface area contributed by atoms with Gasteiger partial charge in [0.15, 0.2) is 6.04 Å². The molecule has 0 unspecified atom stereocenters. The molecule has 2 atom stereocenters. The lowest BCUT2D eigenvalue weighted by Gasteiger charge is -2.17. The summed E-state index contributed by atoms with van der Waals surface area (Å²) in [4.78, 5) is 22.4. The van der Waals surface area contributed by atoms with Gasteiger partial charge in [0.2, 0.25) is 0 Å². The van der Waals surface area contributed by atoms with E-state index in [1.165, 1.54) is 6.92 Å². The topological polar surface area (TPSA) is 98.7 Å². The van der Waals surface area contributed by atoms with Crippen LogP contribution in [0.1, 0.15) is 6.92 Å². The lowest BCUT2D eigenvalue weighted by atomic mass is 10.2. The van der Waals surface area contributed by atoms with Crippen molar-refractivity contribution in [2.75, 3.05) is 5.32 Å². The second-order valence-electron chi connectivity index (χ2n) is 3.78. The zero-order valence-electron chi connectivity index (χ0n) is 9.85. The quantitative estimate of drug-likeness (QED) is 0.536. The van der Waals surface area contributed by atoms with Crippen LogP contribution in [0.4, 0.5) is 10.5 Å². The summed E-state index contributed by atoms with van der Waals surface area (Å²) in [5.74, 6) is -1.30. The van der Waals surface area contributed by atoms with Crippen LogP contribution < -0.4 is 10.6 Å². The van der Waals surface area contributed by atoms with Gasteiger partial charge in [-0.2, -0.15) is 0 Å². The first kappa shape index (κ1) is 16.2. The standard InChI is InChI=1S/C11H12BrIN2O4/c1-5(16)9(10(17)18)15-11(19)14-6-2-3-8(13)7(12)4-6/h2-5,9,16H,1H3,(H,17,18)(H2,14,15,19)/t5-,9+/m1/s1. The lowest BCUT2D eigenvalue weighted by molar-refractivity contribution is -0.141. The minimum absolute atomic E-state index is 0.513. The molecule has 0 aliphatic rings. The number of halogens is 2. The number of hydrogen-bond donors (Lipinski definition) is 4. The van der Waals surface area contributed by atoms with E-state index in [9.17, 15) is 14.7 Å². The Kier molecular flexibility index (Phi) is 6.01. The Morgan fingerprint density at radius 2 is 2.05 bits per heavy atom. The average molecular weight is 443 g/mol. The molecule has 8 heteroatoms. The number of carbonyl (C=O) groups excluding carboxylic acids is 1. The van der Waals surface area contributed by atoms with Gasteiger partial charge in [-0.1, -0.05) is 0 Å². The van der Waals surface area contributed by atoms with Crippen LogP contribution >= 0.6 is 38.5 Å². The third-order valence-corrected chi connectivity index (χ3v) is 4.55. The van der Waals surface area contributed by atoms with Crippen molar-refractivity contribution < 1.29 is 19.8 Å². The van der Waals surface area contributed by atoms with Gasteiger partial charge >= 0.3 is 12.0 Å². The molecule has 1 rings (SSSR count). The van der Waals surface area contributed by atoms with E-state index in [1.807, 2.05) is 0 Å². The highest BCUT2D eigenvalue weighted by Gasteiger charge is 2.24. The Hall–Kier alpha value is -0.870. The fraction of sp³-hybridized carbons (Fsp3) is 0.273. The predicted molar refractivity (Wildman–Crippen MR) is 82.1 cm³/mol. The van der Waals surface area contributed by atoms with Gasteiger partial charge in [-0.15, -0.1) is 0 Å². The monoisotopic (exact) mass is 442 g/mol. The van der Waals surface area contributed by atoms with Gasteiger partial charge in [0.05, 0.1) is 6.10 Å². The van der Waals surface area contributed by atoms with Crippen molar-refractivity contribution in [3.8, 4) is 0 Å². The Morgan fingerprint density at radius 3 is 2.53 bits per heavy atom. The molecule has 0 aromatic heterocycles. The van der Waals surface area contributed by atoms with Gasteiger partial charge in [-0.3, -0.25) is 0 Å². The highest BCUT2D eigenvalue weighted by atomic mass is 127. The number of amides is 2. The third kappa shape index (κ3) is 4.96. The number of urea groups is 1. The molecule has 0 saturated carbocycles. The number of aliphatic hydroxyl groups excluding tert-OH is 1. The van der Waals surface area contributed by atoms with Crippen LogP contribution in [-0.2, 0) is 4.79 Å². The molecular weight excluding hydrogens is 431 g/mol. The molecule has 0 saturated heterocycles. The highest BCUT2D eigenvalue weighted by Crippen LogP contribution is 2.22. The molecule has 2 amide bonds. The fourth-order valence-corrected chi connectivity index (χ4v) is 1.99. The summed E-state index contributed by atoms with van der Waals surface area (Å²) >= 11 is 5.45. The molecule has 0 aliphatic heterocycles. The molecule has 19 heavy (non-hydrogen) atoms. The van der Waals surface area contributed by atoms with Crippen LogP contribution in [0.15, 0.2) is 22.7 Å². The number of anilines is 1. The van der Waals surface area contributed by atoms with Gasteiger partial charge in [-0.25, -0.2) is 9.59 Å². The molecule has 4 N–H and O–H groups in total. The number of nitrogens with one attached hydrogen (secondary N) is 2. The maximum Gasteiger partial charge on any atom is 0.328 e. The Bertz CT molecular complexity index is 496. The summed E-state index contributed by atoms with van der Waals surface area (Å²) in [6, 6.07) is 3.13. The van der Waals surface area contributed by atoms with Gasteiger partial charge in [-0.05, 0) is 63.6 Å². The second kappa shape index (κ2) is 7.06. The van der Waals surface area contributed by atoms with Crippen molar-refractivity contribution in [3.05, 3.63) is 26.2 Å². The van der Waals surface area contributed by atoms with E-state index in [0.717, 1.165) is 8.04 Å². The molecule has 0 heterocycles. The molecule has 0 radical (unpaired) electrons. The molecule has 0 spiro atoms. The van der Waals surface area contributed by atoms with Crippen molar-refractivity contribution >= 4 is 56.2 Å². The van der Waals surface area contributed by atoms with Crippen molar-refractivity contribution in [1.29, 1.82) is 0 Å². The SMILES string of the molecule is C[C@@H](O)[C@H](NC(=O)Nc1ccc(I)c(Br)c1)C(=O)O. The Labute approximate surface area is 131 Å². The predicted octanol–water partition coefficient (Wildman–Crippen LogP) is 2.01. The first-order chi connectivity index (χ1) is 8.81. The molecule has 104 valence electrons. The maximum atomic E-state index is 11.6. The molecule has 0 aliphatic carbocycles. The first-order valence-corrected chi connectivity index (χ1v) is 7.12. The lowest BCUT2D eigenvalue weighted by Crippen LogP contribution is -2.49. The number of carboxylic acid groups (broad SMARTS) is 1. The largest absolute Gasteiger partial charge is 0.480 e. The normalized spacial score (nSPS) is 13.5. The number of aliphatic carboxylic acids is 1. The second-order valence-corrected chi connectivity index (χ2v) is 5.80. The van der Waals surface area contributed by atoms with E-state index in [4.69, 9.17) is 5.11 Å². The highest BCUT2D eigenvalue weighted by molar-refractivity contribution is 14.1. The number of hydrogen-bond acceptors (Lipinski definition) is 3. The fourth-order valence-electron chi connectivity index (χ4n) is 1.27. The minimum Gasteiger partial charge on any atom is -0.480 e. The molecule has 0 fully saturated rings. The van der Waals surface area contributed by atoms with E-state index in [0.29, 0.717) is 5.69 Å². The number of rotatable bonds is 4. The van der Waals surface area contributed by atoms with E-state index < -0.39 is 24.1 Å². The minimum atomic E-state index is -1.35. The van der Waals surface area contributed by atoms with Gasteiger partial charge in [0.25, 0.3) is 0 Å². The van der Waals surface area contributed by atoms with Crippen LogP contribution in [0.25, 0.3) is 0 Å². The van der Waals surface area contributed by atoms with Crippen LogP contribution in [0.5, 0.6) is 0 Å². The summed E-state index contributed by atoms with van der Waals surface area (Å²) in [6.45, 7) is 1.29. The zero-order valence-corrected chi connectivity index (χ0v) is 13.6. The van der Waals surface area contributed by atoms with Crippen LogP contribution in [0.2, 0.25) is 0 Å². The van der Waals surface area contributed by atoms with Gasteiger partial charge in [0.1, 0.15) is 0 Å². The van der Waals surface area contributed by atoms with E-state index in [2.05, 4.69) is 49.2 Å². The summed E-state index contributed by atoms with van der Waals surface area (Å²) in [7, 11) is 0. The maximum absolute atomic E-state index is 11.6. The molecule has 1 aromatic rings. The molecule has 0 bridgehead atoms. The van der Waals surface area contributed by atoms with Crippen LogP contribution in [0.3, 0.4) is 0 Å². The summed E-state index contributed by atoms with van der Waals surface area (Å²) < 4.78 is 1.80. The molecule has 6 nitrogen and oxygen atoms in total. The number of aliphatic hydroxyl groups is 1. The summed E-state index contributed by atoms with van der Waals surface area (Å²) in [5, 5.41) is 22.7. The van der Waals surface area contributed by atoms with Crippen molar-refractivity contribution in [1.82, 2.24) is 5.32 Å². The van der Waals surface area contributed by atoms with Crippen molar-refractivity contribution in [2.24, 2.45) is 0 Å². The number of benzene rings is 1. The van der Waals surface area contributed by atoms with Crippen LogP contribution in [0, 0.1) is 3.57 Å². The van der Waals surface area contributed by atoms with Crippen molar-refractivity contribution in [2.45, 2.75) is 19.1 Å². The van der Waals surface area contributed by atoms with Gasteiger partial charge < -0.3 is 20.8 Å². The summed E-state index contributed by atoms with van der Waals surface area (Å²) in [5.41, 5.74) is 0.513. The van der Waals surface area contributed by atoms with E-state index in [-0.39, 0.29) is 0 Å². The van der Waals surface area contributed by atoms with Gasteiger partial charge in [0, 0.05) is 13.7 Å².